The smallest absolute Gasteiger partial charge is 0.269 e. The van der Waals surface area contributed by atoms with Crippen molar-refractivity contribution in [2.24, 2.45) is 0 Å². The first-order chi connectivity index (χ1) is 16.1. The number of fused-ring (bicyclic) bond motifs is 3. The summed E-state index contributed by atoms with van der Waals surface area (Å²) in [4.78, 5) is 36.3. The number of carbonyl (C=O) groups excluding carboxylic acids is 1. The van der Waals surface area contributed by atoms with Crippen molar-refractivity contribution in [2.45, 2.75) is 32.4 Å². The maximum Gasteiger partial charge on any atom is 0.269 e. The Bertz CT molecular complexity index is 1240. The molecule has 0 saturated carbocycles. The highest BCUT2D eigenvalue weighted by Gasteiger charge is 2.29. The number of aryl methyl sites for hydroxylation is 1. The first kappa shape index (κ1) is 21.5. The molecule has 8 heteroatoms. The minimum absolute atomic E-state index is 0.0146. The molecule has 1 amide bonds. The summed E-state index contributed by atoms with van der Waals surface area (Å²) in [6, 6.07) is 10.2. The third-order valence-corrected chi connectivity index (χ3v) is 6.74. The van der Waals surface area contributed by atoms with Gasteiger partial charge in [0.25, 0.3) is 11.5 Å². The van der Waals surface area contributed by atoms with Gasteiger partial charge >= 0.3 is 0 Å². The topological polar surface area (TPSA) is 90.6 Å². The largest absolute Gasteiger partial charge is 0.493 e. The number of hydrogen-bond donors (Lipinski definition) is 2. The number of aromatic amines is 1. The van der Waals surface area contributed by atoms with Gasteiger partial charge in [-0.25, -0.2) is 4.98 Å². The van der Waals surface area contributed by atoms with Crippen molar-refractivity contribution in [3.8, 4) is 5.75 Å². The van der Waals surface area contributed by atoms with E-state index in [-0.39, 0.29) is 11.5 Å². The highest BCUT2D eigenvalue weighted by Crippen LogP contribution is 2.31. The molecule has 1 fully saturated rings. The lowest BCUT2D eigenvalue weighted by Gasteiger charge is -2.43. The molecule has 4 heterocycles. The predicted octanol–water partition coefficient (Wildman–Crippen LogP) is 2.32. The second kappa shape index (κ2) is 8.86. The van der Waals surface area contributed by atoms with Gasteiger partial charge in [0.15, 0.2) is 0 Å². The number of amides is 1. The fourth-order valence-electron chi connectivity index (χ4n) is 4.81. The van der Waals surface area contributed by atoms with E-state index in [1.807, 2.05) is 19.1 Å². The van der Waals surface area contributed by atoms with E-state index in [1.165, 1.54) is 0 Å². The van der Waals surface area contributed by atoms with Crippen molar-refractivity contribution in [3.05, 3.63) is 63.7 Å². The summed E-state index contributed by atoms with van der Waals surface area (Å²) >= 11 is 0. The van der Waals surface area contributed by atoms with Crippen LogP contribution in [0.15, 0.2) is 41.3 Å². The van der Waals surface area contributed by atoms with Gasteiger partial charge in [-0.2, -0.15) is 0 Å². The normalized spacial score (nSPS) is 18.6. The van der Waals surface area contributed by atoms with E-state index in [0.29, 0.717) is 24.8 Å². The van der Waals surface area contributed by atoms with Crippen LogP contribution in [0.4, 0.5) is 5.69 Å². The van der Waals surface area contributed by atoms with Crippen LogP contribution in [0.1, 0.15) is 35.0 Å². The Morgan fingerprint density at radius 3 is 2.91 bits per heavy atom. The summed E-state index contributed by atoms with van der Waals surface area (Å²) in [5, 5.41) is 3.62. The van der Waals surface area contributed by atoms with Gasteiger partial charge in [0.05, 0.1) is 18.5 Å². The van der Waals surface area contributed by atoms with E-state index in [0.717, 1.165) is 66.1 Å². The molecule has 0 spiro atoms. The Morgan fingerprint density at radius 1 is 1.27 bits per heavy atom. The third kappa shape index (κ3) is 4.18. The third-order valence-electron chi connectivity index (χ3n) is 6.74. The molecular formula is C25H29N5O3. The van der Waals surface area contributed by atoms with Crippen molar-refractivity contribution in [1.29, 1.82) is 0 Å². The number of hydrogen-bond acceptors (Lipinski definition) is 6. The van der Waals surface area contributed by atoms with E-state index in [1.54, 1.807) is 19.3 Å². The molecular weight excluding hydrogens is 418 g/mol. The molecule has 1 aromatic carbocycles. The second-order valence-corrected chi connectivity index (χ2v) is 8.71. The molecule has 3 aromatic rings. The monoisotopic (exact) mass is 447 g/mol. The predicted molar refractivity (Wildman–Crippen MR) is 128 cm³/mol. The number of piperazine rings is 1. The molecule has 0 aliphatic carbocycles. The van der Waals surface area contributed by atoms with E-state index in [2.05, 4.69) is 37.2 Å². The number of aromatic nitrogens is 2. The SMILES string of the molecule is CCc1cc2cc3c(cc2[nH]c1=O)CN1CCN(c2ccc(C(=O)NC)nc2)C[C@H]1CCO3. The standard InChI is InChI=1S/C25H29N5O3/c1-3-16-10-17-12-23-18(11-22(17)28-24(16)31)14-29-7-8-30(15-20(29)6-9-33-23)19-4-5-21(27-13-19)25(32)26-2/h4-5,10-13,20H,3,6-9,14-15H2,1-2H3,(H,26,32)(H,28,31)/t20-/m1/s1. The molecule has 1 saturated heterocycles. The molecule has 0 bridgehead atoms. The van der Waals surface area contributed by atoms with Crippen LogP contribution in [0.2, 0.25) is 0 Å². The Balaban J connectivity index is 1.36. The Kier molecular flexibility index (Phi) is 5.76. The van der Waals surface area contributed by atoms with E-state index in [9.17, 15) is 9.59 Å². The minimum atomic E-state index is -0.179. The van der Waals surface area contributed by atoms with Crippen LogP contribution in [0, 0.1) is 0 Å². The van der Waals surface area contributed by atoms with Crippen LogP contribution in [0.25, 0.3) is 10.9 Å². The molecule has 2 aliphatic heterocycles. The van der Waals surface area contributed by atoms with E-state index >= 15 is 0 Å². The lowest BCUT2D eigenvalue weighted by Crippen LogP contribution is -2.53. The van der Waals surface area contributed by atoms with Crippen LogP contribution in [0.5, 0.6) is 5.75 Å². The Labute approximate surface area is 192 Å². The van der Waals surface area contributed by atoms with Gasteiger partial charge in [0.1, 0.15) is 11.4 Å². The molecule has 33 heavy (non-hydrogen) atoms. The summed E-state index contributed by atoms with van der Waals surface area (Å²) in [5.74, 6) is 0.730. The summed E-state index contributed by atoms with van der Waals surface area (Å²) in [6.07, 6.45) is 3.42. The zero-order valence-corrected chi connectivity index (χ0v) is 19.1. The van der Waals surface area contributed by atoms with Gasteiger partial charge < -0.3 is 19.9 Å². The quantitative estimate of drug-likeness (QED) is 0.641. The van der Waals surface area contributed by atoms with Crippen LogP contribution in [-0.2, 0) is 13.0 Å². The molecule has 2 aliphatic rings. The molecule has 2 N–H and O–H groups in total. The number of benzene rings is 1. The van der Waals surface area contributed by atoms with Gasteiger partial charge in [0.2, 0.25) is 0 Å². The molecule has 0 radical (unpaired) electrons. The zero-order chi connectivity index (χ0) is 22.9. The second-order valence-electron chi connectivity index (χ2n) is 8.71. The molecule has 5 rings (SSSR count). The van der Waals surface area contributed by atoms with Crippen molar-refractivity contribution in [2.75, 3.05) is 38.2 Å². The van der Waals surface area contributed by atoms with Crippen molar-refractivity contribution in [1.82, 2.24) is 20.2 Å². The van der Waals surface area contributed by atoms with Gasteiger partial charge in [-0.3, -0.25) is 14.5 Å². The van der Waals surface area contributed by atoms with E-state index in [4.69, 9.17) is 4.74 Å². The lowest BCUT2D eigenvalue weighted by atomic mass is 10.0. The highest BCUT2D eigenvalue weighted by atomic mass is 16.5. The summed E-state index contributed by atoms with van der Waals surface area (Å²) in [7, 11) is 1.61. The molecule has 0 unspecified atom stereocenters. The minimum Gasteiger partial charge on any atom is -0.493 e. The molecule has 1 atom stereocenters. The van der Waals surface area contributed by atoms with Crippen molar-refractivity contribution in [3.63, 3.8) is 0 Å². The summed E-state index contributed by atoms with van der Waals surface area (Å²) < 4.78 is 6.19. The van der Waals surface area contributed by atoms with Crippen LogP contribution in [-0.4, -0.2) is 60.1 Å². The number of pyridine rings is 2. The van der Waals surface area contributed by atoms with Crippen LogP contribution >= 0.6 is 0 Å². The fraction of sp³-hybridized carbons (Fsp3) is 0.400. The first-order valence-electron chi connectivity index (χ1n) is 11.5. The lowest BCUT2D eigenvalue weighted by molar-refractivity contribution is 0.0958. The number of carbonyl (C=O) groups is 1. The van der Waals surface area contributed by atoms with Crippen LogP contribution in [0.3, 0.4) is 0 Å². The van der Waals surface area contributed by atoms with Crippen molar-refractivity contribution >= 4 is 22.5 Å². The molecule has 8 nitrogen and oxygen atoms in total. The van der Waals surface area contributed by atoms with Gasteiger partial charge in [-0.1, -0.05) is 6.92 Å². The number of anilines is 1. The number of rotatable bonds is 3. The number of nitrogens with one attached hydrogen (secondary N) is 2. The average molecular weight is 448 g/mol. The fourth-order valence-corrected chi connectivity index (χ4v) is 4.81. The maximum absolute atomic E-state index is 12.3. The van der Waals surface area contributed by atoms with Gasteiger partial charge in [-0.05, 0) is 43.2 Å². The average Bonchev–Trinajstić information content (AvgIpc) is 2.83. The molecule has 2 aromatic heterocycles. The zero-order valence-electron chi connectivity index (χ0n) is 19.1. The molecule has 172 valence electrons. The maximum atomic E-state index is 12.3. The summed E-state index contributed by atoms with van der Waals surface area (Å²) in [6.45, 7) is 6.11. The van der Waals surface area contributed by atoms with Gasteiger partial charge in [0, 0.05) is 61.3 Å². The number of ether oxygens (including phenoxy) is 1. The van der Waals surface area contributed by atoms with Gasteiger partial charge in [-0.15, -0.1) is 0 Å². The summed E-state index contributed by atoms with van der Waals surface area (Å²) in [5.41, 5.74) is 4.20. The first-order valence-corrected chi connectivity index (χ1v) is 11.5. The van der Waals surface area contributed by atoms with Crippen LogP contribution < -0.4 is 20.5 Å². The highest BCUT2D eigenvalue weighted by molar-refractivity contribution is 5.92. The van der Waals surface area contributed by atoms with E-state index < -0.39 is 0 Å². The Morgan fingerprint density at radius 2 is 2.15 bits per heavy atom. The number of H-pyrrole nitrogens is 1. The Hall–Kier alpha value is -3.39. The van der Waals surface area contributed by atoms with Crippen molar-refractivity contribution < 1.29 is 9.53 Å². The number of nitrogens with zero attached hydrogens (tertiary/aromatic N) is 3.